The maximum Gasteiger partial charge on any atom is 0.225 e. The van der Waals surface area contributed by atoms with Gasteiger partial charge in [0, 0.05) is 19.5 Å². The fourth-order valence-electron chi connectivity index (χ4n) is 4.12. The van der Waals surface area contributed by atoms with Crippen molar-refractivity contribution in [1.82, 2.24) is 10.2 Å². The van der Waals surface area contributed by atoms with Crippen LogP contribution in [0, 0.1) is 5.92 Å². The molecule has 2 amide bonds. The van der Waals surface area contributed by atoms with E-state index in [-0.39, 0.29) is 23.8 Å². The number of hydrogen-bond donors (Lipinski definition) is 1. The van der Waals surface area contributed by atoms with Gasteiger partial charge in [0.15, 0.2) is 0 Å². The molecule has 2 aliphatic rings. The van der Waals surface area contributed by atoms with Crippen LogP contribution in [-0.2, 0) is 9.59 Å². The number of amides is 2. The summed E-state index contributed by atoms with van der Waals surface area (Å²) in [6.45, 7) is 0. The molecule has 5 heteroatoms. The van der Waals surface area contributed by atoms with E-state index in [9.17, 15) is 9.59 Å². The van der Waals surface area contributed by atoms with Gasteiger partial charge in [-0.05, 0) is 37.0 Å². The Morgan fingerprint density at radius 3 is 2.44 bits per heavy atom. The van der Waals surface area contributed by atoms with Crippen molar-refractivity contribution in [2.75, 3.05) is 14.2 Å². The van der Waals surface area contributed by atoms with Gasteiger partial charge in [-0.1, -0.05) is 31.4 Å². The summed E-state index contributed by atoms with van der Waals surface area (Å²) < 4.78 is 5.22. The first-order chi connectivity index (χ1) is 12.1. The number of likely N-dealkylation sites (tertiary alicyclic amines) is 1. The van der Waals surface area contributed by atoms with Crippen molar-refractivity contribution < 1.29 is 14.3 Å². The topological polar surface area (TPSA) is 58.6 Å². The number of ether oxygens (including phenoxy) is 1. The average Bonchev–Trinajstić information content (AvgIpc) is 2.64. The zero-order chi connectivity index (χ0) is 17.8. The molecule has 1 aliphatic carbocycles. The standard InChI is InChI=1S/C20H28N2O3/c1-22-18(23)13-12-17(20(24)21-15-6-4-3-5-7-15)19(22)14-8-10-16(25-2)11-9-14/h8-11,15,17,19H,3-7,12-13H2,1-2H3,(H,21,24)/t17-,19+/m0/s1. The highest BCUT2D eigenvalue weighted by Gasteiger charge is 2.39. The first kappa shape index (κ1) is 17.8. The Balaban J connectivity index is 1.78. The van der Waals surface area contributed by atoms with Crippen molar-refractivity contribution in [2.24, 2.45) is 5.92 Å². The lowest BCUT2D eigenvalue weighted by Crippen LogP contribution is -2.48. The van der Waals surface area contributed by atoms with Crippen molar-refractivity contribution in [3.05, 3.63) is 29.8 Å². The molecule has 1 heterocycles. The number of piperidine rings is 1. The van der Waals surface area contributed by atoms with Crippen LogP contribution in [0.2, 0.25) is 0 Å². The van der Waals surface area contributed by atoms with E-state index in [2.05, 4.69) is 5.32 Å². The van der Waals surface area contributed by atoms with Gasteiger partial charge in [0.2, 0.25) is 11.8 Å². The van der Waals surface area contributed by atoms with Crippen LogP contribution in [-0.4, -0.2) is 36.9 Å². The summed E-state index contributed by atoms with van der Waals surface area (Å²) in [5, 5.41) is 3.24. The molecular formula is C20H28N2O3. The van der Waals surface area contributed by atoms with Crippen molar-refractivity contribution in [1.29, 1.82) is 0 Å². The first-order valence-corrected chi connectivity index (χ1v) is 9.30. The molecule has 1 aliphatic heterocycles. The molecule has 0 spiro atoms. The highest BCUT2D eigenvalue weighted by Crippen LogP contribution is 2.36. The first-order valence-electron chi connectivity index (χ1n) is 9.30. The number of carbonyl (C=O) groups is 2. The van der Waals surface area contributed by atoms with Crippen LogP contribution in [0.5, 0.6) is 5.75 Å². The molecule has 0 unspecified atom stereocenters. The Morgan fingerprint density at radius 2 is 1.80 bits per heavy atom. The monoisotopic (exact) mass is 344 g/mol. The summed E-state index contributed by atoms with van der Waals surface area (Å²) in [5.74, 6) is 0.768. The molecule has 1 saturated heterocycles. The van der Waals surface area contributed by atoms with Crippen LogP contribution in [0.25, 0.3) is 0 Å². The predicted octanol–water partition coefficient (Wildman–Crippen LogP) is 3.05. The second-order valence-corrected chi connectivity index (χ2v) is 7.21. The normalized spacial score (nSPS) is 24.9. The van der Waals surface area contributed by atoms with Crippen molar-refractivity contribution in [2.45, 2.75) is 57.0 Å². The Hall–Kier alpha value is -2.04. The quantitative estimate of drug-likeness (QED) is 0.913. The van der Waals surface area contributed by atoms with Gasteiger partial charge in [0.05, 0.1) is 19.1 Å². The van der Waals surface area contributed by atoms with Crippen LogP contribution in [0.1, 0.15) is 56.6 Å². The third-order valence-electron chi connectivity index (χ3n) is 5.61. The molecule has 1 aromatic carbocycles. The van der Waals surface area contributed by atoms with E-state index in [1.807, 2.05) is 24.3 Å². The van der Waals surface area contributed by atoms with Gasteiger partial charge < -0.3 is 15.0 Å². The van der Waals surface area contributed by atoms with E-state index in [0.717, 1.165) is 24.2 Å². The summed E-state index contributed by atoms with van der Waals surface area (Å²) in [5.41, 5.74) is 0.986. The second kappa shape index (κ2) is 7.89. The van der Waals surface area contributed by atoms with Gasteiger partial charge in [-0.15, -0.1) is 0 Å². The smallest absolute Gasteiger partial charge is 0.225 e. The number of hydrogen-bond acceptors (Lipinski definition) is 3. The highest BCUT2D eigenvalue weighted by molar-refractivity contribution is 5.85. The number of rotatable bonds is 4. The van der Waals surface area contributed by atoms with Gasteiger partial charge in [-0.25, -0.2) is 0 Å². The SMILES string of the molecule is COc1ccc([C@@H]2[C@@H](C(=O)NC3CCCCC3)CCC(=O)N2C)cc1. The van der Waals surface area contributed by atoms with E-state index < -0.39 is 0 Å². The summed E-state index contributed by atoms with van der Waals surface area (Å²) in [7, 11) is 3.43. The maximum atomic E-state index is 13.0. The zero-order valence-electron chi connectivity index (χ0n) is 15.2. The molecular weight excluding hydrogens is 316 g/mol. The van der Waals surface area contributed by atoms with Crippen LogP contribution < -0.4 is 10.1 Å². The van der Waals surface area contributed by atoms with Crippen molar-refractivity contribution in [3.63, 3.8) is 0 Å². The van der Waals surface area contributed by atoms with Gasteiger partial charge in [0.1, 0.15) is 5.75 Å². The Kier molecular flexibility index (Phi) is 5.61. The molecule has 0 aromatic heterocycles. The molecule has 136 valence electrons. The minimum Gasteiger partial charge on any atom is -0.497 e. The number of methoxy groups -OCH3 is 1. The maximum absolute atomic E-state index is 13.0. The van der Waals surface area contributed by atoms with E-state index in [0.29, 0.717) is 18.9 Å². The van der Waals surface area contributed by atoms with Crippen molar-refractivity contribution >= 4 is 11.8 Å². The number of benzene rings is 1. The lowest BCUT2D eigenvalue weighted by molar-refractivity contribution is -0.142. The van der Waals surface area contributed by atoms with Gasteiger partial charge >= 0.3 is 0 Å². The molecule has 2 atom stereocenters. The van der Waals surface area contributed by atoms with Gasteiger partial charge in [0.25, 0.3) is 0 Å². The van der Waals surface area contributed by atoms with Crippen LogP contribution in [0.4, 0.5) is 0 Å². The van der Waals surface area contributed by atoms with Crippen LogP contribution in [0.3, 0.4) is 0 Å². The molecule has 0 bridgehead atoms. The number of carbonyl (C=O) groups excluding carboxylic acids is 2. The van der Waals surface area contributed by atoms with E-state index >= 15 is 0 Å². The van der Waals surface area contributed by atoms with E-state index in [1.165, 1.54) is 19.3 Å². The summed E-state index contributed by atoms with van der Waals surface area (Å²) >= 11 is 0. The molecule has 0 radical (unpaired) electrons. The summed E-state index contributed by atoms with van der Waals surface area (Å²) in [6, 6.07) is 7.77. The second-order valence-electron chi connectivity index (χ2n) is 7.21. The fourth-order valence-corrected chi connectivity index (χ4v) is 4.12. The molecule has 5 nitrogen and oxygen atoms in total. The molecule has 25 heavy (non-hydrogen) atoms. The number of nitrogens with zero attached hydrogens (tertiary/aromatic N) is 1. The Labute approximate surface area is 149 Å². The molecule has 1 N–H and O–H groups in total. The molecule has 2 fully saturated rings. The van der Waals surface area contributed by atoms with Crippen LogP contribution in [0.15, 0.2) is 24.3 Å². The van der Waals surface area contributed by atoms with E-state index in [4.69, 9.17) is 4.74 Å². The largest absolute Gasteiger partial charge is 0.497 e. The third-order valence-corrected chi connectivity index (χ3v) is 5.61. The van der Waals surface area contributed by atoms with Gasteiger partial charge in [-0.2, -0.15) is 0 Å². The highest BCUT2D eigenvalue weighted by atomic mass is 16.5. The van der Waals surface area contributed by atoms with Gasteiger partial charge in [-0.3, -0.25) is 9.59 Å². The number of nitrogens with one attached hydrogen (secondary N) is 1. The van der Waals surface area contributed by atoms with E-state index in [1.54, 1.807) is 19.1 Å². The lowest BCUT2D eigenvalue weighted by atomic mass is 9.83. The van der Waals surface area contributed by atoms with Crippen molar-refractivity contribution in [3.8, 4) is 5.75 Å². The molecule has 3 rings (SSSR count). The Morgan fingerprint density at radius 1 is 1.12 bits per heavy atom. The van der Waals surface area contributed by atoms with Crippen LogP contribution >= 0.6 is 0 Å². The Bertz CT molecular complexity index is 608. The minimum absolute atomic E-state index is 0.0899. The molecule has 1 saturated carbocycles. The lowest BCUT2D eigenvalue weighted by Gasteiger charge is -2.39. The minimum atomic E-state index is -0.212. The average molecular weight is 344 g/mol. The molecule has 1 aromatic rings. The summed E-state index contributed by atoms with van der Waals surface area (Å²) in [6.07, 6.45) is 6.83. The zero-order valence-corrected chi connectivity index (χ0v) is 15.2. The fraction of sp³-hybridized carbons (Fsp3) is 0.600. The third kappa shape index (κ3) is 3.97. The summed E-state index contributed by atoms with van der Waals surface area (Å²) in [4.78, 5) is 26.9. The predicted molar refractivity (Wildman–Crippen MR) is 96.2 cm³/mol.